The highest BCUT2D eigenvalue weighted by molar-refractivity contribution is 6.48. The highest BCUT2D eigenvalue weighted by Gasteiger charge is 2.25. The van der Waals surface area contributed by atoms with Gasteiger partial charge >= 0.3 is 5.97 Å². The van der Waals surface area contributed by atoms with E-state index in [2.05, 4.69) is 15.6 Å². The molecule has 0 unspecified atom stereocenters. The van der Waals surface area contributed by atoms with Gasteiger partial charge in [0.1, 0.15) is 0 Å². The van der Waals surface area contributed by atoms with E-state index >= 15 is 0 Å². The summed E-state index contributed by atoms with van der Waals surface area (Å²) in [6.07, 6.45) is 3.05. The van der Waals surface area contributed by atoms with Crippen LogP contribution in [0.2, 0.25) is 15.1 Å². The molecule has 10 heteroatoms. The number of carbonyl (C=O) groups is 3. The number of esters is 1. The average Bonchev–Trinajstić information content (AvgIpc) is 3.48. The molecule has 2 amide bonds. The Morgan fingerprint density at radius 1 is 1.11 bits per heavy atom. The summed E-state index contributed by atoms with van der Waals surface area (Å²) in [5, 5.41) is 5.28. The van der Waals surface area contributed by atoms with Crippen LogP contribution in [0.3, 0.4) is 0 Å². The Bertz CT molecular complexity index is 948. The van der Waals surface area contributed by atoms with Gasteiger partial charge in [-0.2, -0.15) is 0 Å². The molecule has 2 aromatic rings. The molecular weight excluding hydrogens is 429 g/mol. The number of aromatic nitrogens is 1. The van der Waals surface area contributed by atoms with E-state index in [-0.39, 0.29) is 32.7 Å². The van der Waals surface area contributed by atoms with Crippen molar-refractivity contribution in [3.8, 4) is 0 Å². The van der Waals surface area contributed by atoms with Crippen molar-refractivity contribution < 1.29 is 19.1 Å². The van der Waals surface area contributed by atoms with Gasteiger partial charge in [-0.05, 0) is 25.0 Å². The van der Waals surface area contributed by atoms with Crippen LogP contribution in [0.1, 0.15) is 33.7 Å². The zero-order valence-corrected chi connectivity index (χ0v) is 16.6. The number of anilines is 1. The predicted octanol–water partition coefficient (Wildman–Crippen LogP) is 3.73. The van der Waals surface area contributed by atoms with Crippen molar-refractivity contribution in [3.63, 3.8) is 0 Å². The van der Waals surface area contributed by atoms with Crippen LogP contribution in [0.5, 0.6) is 0 Å². The number of rotatable bonds is 6. The summed E-state index contributed by atoms with van der Waals surface area (Å²) in [5.41, 5.74) is 0.378. The van der Waals surface area contributed by atoms with Gasteiger partial charge in [0.05, 0.1) is 26.3 Å². The minimum Gasteiger partial charge on any atom is -0.451 e. The molecule has 0 atom stereocenters. The number of amides is 2. The van der Waals surface area contributed by atoms with Crippen LogP contribution in [0.25, 0.3) is 0 Å². The highest BCUT2D eigenvalue weighted by Crippen LogP contribution is 2.31. The van der Waals surface area contributed by atoms with E-state index < -0.39 is 18.5 Å². The van der Waals surface area contributed by atoms with E-state index in [4.69, 9.17) is 39.5 Å². The summed E-state index contributed by atoms with van der Waals surface area (Å²) >= 11 is 17.5. The largest absolute Gasteiger partial charge is 0.451 e. The third-order valence-electron chi connectivity index (χ3n) is 3.80. The smallest absolute Gasteiger partial charge is 0.359 e. The van der Waals surface area contributed by atoms with E-state index in [1.54, 1.807) is 24.3 Å². The van der Waals surface area contributed by atoms with E-state index in [9.17, 15) is 14.4 Å². The number of hydrogen-bond donors (Lipinski definition) is 2. The SMILES string of the molecule is O=C(COC(=O)c1ncc(Cl)c(Cl)c1Cl)Nc1ccccc1C(=O)NC1CC1. The van der Waals surface area contributed by atoms with Crippen LogP contribution < -0.4 is 10.6 Å². The maximum atomic E-state index is 12.3. The summed E-state index contributed by atoms with van der Waals surface area (Å²) in [4.78, 5) is 40.2. The number of ether oxygens (including phenoxy) is 1. The number of halogens is 3. The van der Waals surface area contributed by atoms with Crippen molar-refractivity contribution in [1.29, 1.82) is 0 Å². The molecular formula is C18H14Cl3N3O4. The molecule has 0 aliphatic heterocycles. The van der Waals surface area contributed by atoms with Gasteiger partial charge in [0.15, 0.2) is 12.3 Å². The van der Waals surface area contributed by atoms with Gasteiger partial charge in [0.25, 0.3) is 11.8 Å². The molecule has 1 saturated carbocycles. The Morgan fingerprint density at radius 2 is 1.82 bits per heavy atom. The minimum absolute atomic E-state index is 0.0367. The maximum Gasteiger partial charge on any atom is 0.359 e. The van der Waals surface area contributed by atoms with Crippen molar-refractivity contribution in [3.05, 3.63) is 56.8 Å². The fourth-order valence-electron chi connectivity index (χ4n) is 2.25. The summed E-state index contributed by atoms with van der Waals surface area (Å²) in [5.74, 6) is -1.84. The number of carbonyl (C=O) groups excluding carboxylic acids is 3. The Kier molecular flexibility index (Phi) is 6.39. The second-order valence-corrected chi connectivity index (χ2v) is 7.16. The molecule has 1 fully saturated rings. The zero-order chi connectivity index (χ0) is 20.3. The van der Waals surface area contributed by atoms with Gasteiger partial charge in [-0.3, -0.25) is 9.59 Å². The topological polar surface area (TPSA) is 97.4 Å². The lowest BCUT2D eigenvalue weighted by atomic mass is 10.1. The number of nitrogens with one attached hydrogen (secondary N) is 2. The number of benzene rings is 1. The zero-order valence-electron chi connectivity index (χ0n) is 14.3. The number of pyridine rings is 1. The first-order chi connectivity index (χ1) is 13.4. The van der Waals surface area contributed by atoms with Crippen molar-refractivity contribution in [2.24, 2.45) is 0 Å². The first-order valence-corrected chi connectivity index (χ1v) is 9.36. The van der Waals surface area contributed by atoms with E-state index in [1.165, 1.54) is 0 Å². The van der Waals surface area contributed by atoms with Gasteiger partial charge in [-0.1, -0.05) is 46.9 Å². The molecule has 146 valence electrons. The lowest BCUT2D eigenvalue weighted by molar-refractivity contribution is -0.119. The number of nitrogens with zero attached hydrogens (tertiary/aromatic N) is 1. The summed E-state index contributed by atoms with van der Waals surface area (Å²) in [6.45, 7) is -0.602. The standard InChI is InChI=1S/C18H14Cl3N3O4/c19-11-7-22-16(15(21)14(11)20)18(27)28-8-13(25)24-12-4-2-1-3-10(12)17(26)23-9-5-6-9/h1-4,7,9H,5-6,8H2,(H,23,26)(H,24,25). The fraction of sp³-hybridized carbons (Fsp3) is 0.222. The molecule has 1 heterocycles. The molecule has 0 saturated heterocycles. The van der Waals surface area contributed by atoms with Crippen molar-refractivity contribution in [2.45, 2.75) is 18.9 Å². The number of para-hydroxylation sites is 1. The Hall–Kier alpha value is -2.35. The van der Waals surface area contributed by atoms with Crippen LogP contribution in [0, 0.1) is 0 Å². The van der Waals surface area contributed by atoms with Gasteiger partial charge in [0, 0.05) is 12.2 Å². The Morgan fingerprint density at radius 3 is 2.54 bits per heavy atom. The van der Waals surface area contributed by atoms with Crippen molar-refractivity contribution in [1.82, 2.24) is 10.3 Å². The normalized spacial score (nSPS) is 13.0. The predicted molar refractivity (Wildman–Crippen MR) is 105 cm³/mol. The molecule has 1 aromatic carbocycles. The third-order valence-corrected chi connectivity index (χ3v) is 5.04. The third kappa shape index (κ3) is 4.92. The Labute approximate surface area is 175 Å². The molecule has 1 aliphatic rings. The Balaban J connectivity index is 1.61. The second-order valence-electron chi connectivity index (χ2n) is 6.00. The van der Waals surface area contributed by atoms with E-state index in [0.29, 0.717) is 11.3 Å². The number of hydrogen-bond acceptors (Lipinski definition) is 5. The van der Waals surface area contributed by atoms with Gasteiger partial charge in [-0.15, -0.1) is 0 Å². The molecule has 0 spiro atoms. The van der Waals surface area contributed by atoms with Crippen molar-refractivity contribution >= 4 is 58.3 Å². The van der Waals surface area contributed by atoms with Crippen LogP contribution in [-0.2, 0) is 9.53 Å². The van der Waals surface area contributed by atoms with Crippen LogP contribution in [-0.4, -0.2) is 35.4 Å². The summed E-state index contributed by atoms with van der Waals surface area (Å²) < 4.78 is 4.91. The molecule has 0 radical (unpaired) electrons. The first-order valence-electron chi connectivity index (χ1n) is 8.23. The van der Waals surface area contributed by atoms with Crippen LogP contribution in [0.4, 0.5) is 5.69 Å². The second kappa shape index (κ2) is 8.77. The maximum absolute atomic E-state index is 12.3. The lowest BCUT2D eigenvalue weighted by Gasteiger charge is -2.11. The molecule has 2 N–H and O–H groups in total. The highest BCUT2D eigenvalue weighted by atomic mass is 35.5. The monoisotopic (exact) mass is 441 g/mol. The van der Waals surface area contributed by atoms with Gasteiger partial charge < -0.3 is 15.4 Å². The quantitative estimate of drug-likeness (QED) is 0.664. The van der Waals surface area contributed by atoms with Gasteiger partial charge in [-0.25, -0.2) is 9.78 Å². The molecule has 1 aliphatic carbocycles. The van der Waals surface area contributed by atoms with Gasteiger partial charge in [0.2, 0.25) is 0 Å². The van der Waals surface area contributed by atoms with E-state index in [1.807, 2.05) is 0 Å². The first kappa shape index (κ1) is 20.4. The van der Waals surface area contributed by atoms with E-state index in [0.717, 1.165) is 19.0 Å². The average molecular weight is 443 g/mol. The summed E-state index contributed by atoms with van der Waals surface area (Å²) in [7, 11) is 0. The molecule has 1 aromatic heterocycles. The molecule has 0 bridgehead atoms. The summed E-state index contributed by atoms with van der Waals surface area (Å²) in [6, 6.07) is 6.72. The van der Waals surface area contributed by atoms with Crippen LogP contribution >= 0.6 is 34.8 Å². The molecule has 7 nitrogen and oxygen atoms in total. The lowest BCUT2D eigenvalue weighted by Crippen LogP contribution is -2.28. The van der Waals surface area contributed by atoms with Crippen LogP contribution in [0.15, 0.2) is 30.5 Å². The molecule has 28 heavy (non-hydrogen) atoms. The fourth-order valence-corrected chi connectivity index (χ4v) is 2.81. The minimum atomic E-state index is -0.932. The van der Waals surface area contributed by atoms with Crippen molar-refractivity contribution in [2.75, 3.05) is 11.9 Å². The molecule has 3 rings (SSSR count).